The molecule has 4 nitrogen and oxygen atoms in total. The quantitative estimate of drug-likeness (QED) is 0.881. The summed E-state index contributed by atoms with van der Waals surface area (Å²) in [5.41, 5.74) is -1.57. The molecule has 0 aliphatic carbocycles. The number of nitrogens with one attached hydrogen (secondary N) is 1. The summed E-state index contributed by atoms with van der Waals surface area (Å²) >= 11 is 0. The molecule has 8 heteroatoms. The molecule has 0 unspecified atom stereocenters. The van der Waals surface area contributed by atoms with Gasteiger partial charge < -0.3 is 10.4 Å². The van der Waals surface area contributed by atoms with Gasteiger partial charge in [0.25, 0.3) is 5.91 Å². The molecule has 122 valence electrons. The van der Waals surface area contributed by atoms with E-state index in [1.54, 1.807) is 0 Å². The van der Waals surface area contributed by atoms with Gasteiger partial charge in [-0.15, -0.1) is 12.4 Å². The summed E-state index contributed by atoms with van der Waals surface area (Å²) in [7, 11) is 0. The minimum absolute atomic E-state index is 0. The average molecular weight is 346 g/mol. The predicted molar refractivity (Wildman–Crippen MR) is 80.0 cm³/mol. The highest BCUT2D eigenvalue weighted by Crippen LogP contribution is 2.32. The number of carboxylic acid groups (broad SMARTS) is 1. The monoisotopic (exact) mass is 345 g/mol. The molecule has 0 radical (unpaired) electrons. The van der Waals surface area contributed by atoms with E-state index in [1.807, 2.05) is 0 Å². The maximum atomic E-state index is 12.9. The van der Waals surface area contributed by atoms with Crippen molar-refractivity contribution in [2.45, 2.75) is 6.18 Å². The summed E-state index contributed by atoms with van der Waals surface area (Å²) in [5.74, 6) is -2.16. The fourth-order valence-electron chi connectivity index (χ4n) is 1.86. The second-order valence-corrected chi connectivity index (χ2v) is 4.38. The number of amides is 1. The van der Waals surface area contributed by atoms with Crippen LogP contribution in [0, 0.1) is 0 Å². The van der Waals surface area contributed by atoms with Crippen LogP contribution in [0.5, 0.6) is 0 Å². The van der Waals surface area contributed by atoms with Crippen LogP contribution in [0.15, 0.2) is 48.5 Å². The van der Waals surface area contributed by atoms with E-state index in [0.717, 1.165) is 18.2 Å². The van der Waals surface area contributed by atoms with Gasteiger partial charge in [0.2, 0.25) is 0 Å². The Labute approximate surface area is 135 Å². The Morgan fingerprint density at radius 2 is 1.65 bits per heavy atom. The van der Waals surface area contributed by atoms with E-state index in [1.165, 1.54) is 30.3 Å². The van der Waals surface area contributed by atoms with Gasteiger partial charge in [0.05, 0.1) is 16.7 Å². The van der Waals surface area contributed by atoms with E-state index in [2.05, 4.69) is 5.32 Å². The number of rotatable bonds is 3. The Morgan fingerprint density at radius 3 is 2.26 bits per heavy atom. The van der Waals surface area contributed by atoms with Crippen LogP contribution in [0.2, 0.25) is 0 Å². The van der Waals surface area contributed by atoms with Gasteiger partial charge in [-0.2, -0.15) is 13.2 Å². The number of carbonyl (C=O) groups excluding carboxylic acids is 1. The molecule has 0 saturated heterocycles. The standard InChI is InChI=1S/C15H10F3NO3.ClH/c16-15(17,18)12-7-2-1-6-11(12)13(20)19-10-5-3-4-9(8-10)14(21)22;/h1-8H,(H,19,20)(H,21,22);1H. The highest BCUT2D eigenvalue weighted by atomic mass is 35.5. The predicted octanol–water partition coefficient (Wildman–Crippen LogP) is 4.08. The van der Waals surface area contributed by atoms with Crippen molar-refractivity contribution in [3.8, 4) is 0 Å². The minimum atomic E-state index is -4.66. The number of hydrogen-bond acceptors (Lipinski definition) is 2. The van der Waals surface area contributed by atoms with Crippen molar-refractivity contribution >= 4 is 30.0 Å². The van der Waals surface area contributed by atoms with E-state index in [0.29, 0.717) is 0 Å². The van der Waals surface area contributed by atoms with Crippen LogP contribution in [0.4, 0.5) is 18.9 Å². The lowest BCUT2D eigenvalue weighted by Gasteiger charge is -2.12. The molecular weight excluding hydrogens is 335 g/mol. The molecule has 0 bridgehead atoms. The number of halogens is 4. The Kier molecular flexibility index (Phi) is 5.75. The Bertz CT molecular complexity index is 732. The summed E-state index contributed by atoms with van der Waals surface area (Å²) in [6, 6.07) is 9.61. The molecule has 0 aromatic heterocycles. The second kappa shape index (κ2) is 7.15. The Hall–Kier alpha value is -2.54. The molecular formula is C15H11ClF3NO3. The fourth-order valence-corrected chi connectivity index (χ4v) is 1.86. The van der Waals surface area contributed by atoms with E-state index in [-0.39, 0.29) is 23.7 Å². The maximum absolute atomic E-state index is 12.9. The second-order valence-electron chi connectivity index (χ2n) is 4.38. The SMILES string of the molecule is Cl.O=C(O)c1cccc(NC(=O)c2ccccc2C(F)(F)F)c1. The van der Waals surface area contributed by atoms with Gasteiger partial charge in [0.15, 0.2) is 0 Å². The molecule has 0 aliphatic heterocycles. The van der Waals surface area contributed by atoms with Crippen LogP contribution >= 0.6 is 12.4 Å². The first-order chi connectivity index (χ1) is 10.3. The molecule has 2 aromatic rings. The first-order valence-electron chi connectivity index (χ1n) is 6.10. The van der Waals surface area contributed by atoms with Crippen LogP contribution in [0.3, 0.4) is 0 Å². The van der Waals surface area contributed by atoms with Gasteiger partial charge >= 0.3 is 12.1 Å². The van der Waals surface area contributed by atoms with Crippen molar-refractivity contribution in [1.82, 2.24) is 0 Å². The largest absolute Gasteiger partial charge is 0.478 e. The zero-order chi connectivity index (χ0) is 16.3. The van der Waals surface area contributed by atoms with Crippen LogP contribution in [0.25, 0.3) is 0 Å². The number of benzene rings is 2. The molecule has 0 heterocycles. The molecule has 0 saturated carbocycles. The summed E-state index contributed by atoms with van der Waals surface area (Å²) < 4.78 is 38.6. The highest BCUT2D eigenvalue weighted by molar-refractivity contribution is 6.05. The van der Waals surface area contributed by atoms with E-state index >= 15 is 0 Å². The molecule has 0 spiro atoms. The summed E-state index contributed by atoms with van der Waals surface area (Å²) in [6.45, 7) is 0. The number of aromatic carboxylic acids is 1. The normalized spacial score (nSPS) is 10.6. The number of alkyl halides is 3. The number of hydrogen-bond donors (Lipinski definition) is 2. The minimum Gasteiger partial charge on any atom is -0.478 e. The van der Waals surface area contributed by atoms with Crippen LogP contribution in [-0.2, 0) is 6.18 Å². The lowest BCUT2D eigenvalue weighted by atomic mass is 10.1. The van der Waals surface area contributed by atoms with Crippen molar-refractivity contribution in [3.63, 3.8) is 0 Å². The van der Waals surface area contributed by atoms with Crippen molar-refractivity contribution in [3.05, 3.63) is 65.2 Å². The van der Waals surface area contributed by atoms with Gasteiger partial charge in [-0.3, -0.25) is 4.79 Å². The molecule has 0 aliphatic rings. The fraction of sp³-hybridized carbons (Fsp3) is 0.0667. The molecule has 2 aromatic carbocycles. The smallest absolute Gasteiger partial charge is 0.417 e. The first-order valence-corrected chi connectivity index (χ1v) is 6.10. The Balaban J connectivity index is 0.00000264. The van der Waals surface area contributed by atoms with Crippen LogP contribution in [0.1, 0.15) is 26.3 Å². The van der Waals surface area contributed by atoms with Crippen molar-refractivity contribution in [2.75, 3.05) is 5.32 Å². The molecule has 0 fully saturated rings. The van der Waals surface area contributed by atoms with Crippen molar-refractivity contribution in [2.24, 2.45) is 0 Å². The lowest BCUT2D eigenvalue weighted by molar-refractivity contribution is -0.137. The summed E-state index contributed by atoms with van der Waals surface area (Å²) in [6.07, 6.45) is -4.66. The number of carbonyl (C=O) groups is 2. The van der Waals surface area contributed by atoms with E-state index in [4.69, 9.17) is 5.11 Å². The third-order valence-corrected chi connectivity index (χ3v) is 2.84. The van der Waals surface area contributed by atoms with Crippen LogP contribution < -0.4 is 5.32 Å². The van der Waals surface area contributed by atoms with Gasteiger partial charge in [0.1, 0.15) is 0 Å². The third-order valence-electron chi connectivity index (χ3n) is 2.84. The molecule has 2 rings (SSSR count). The number of carboxylic acids is 1. The average Bonchev–Trinajstić information content (AvgIpc) is 2.46. The maximum Gasteiger partial charge on any atom is 0.417 e. The van der Waals surface area contributed by atoms with E-state index in [9.17, 15) is 22.8 Å². The molecule has 2 N–H and O–H groups in total. The van der Waals surface area contributed by atoms with Gasteiger partial charge in [-0.05, 0) is 30.3 Å². The van der Waals surface area contributed by atoms with Gasteiger partial charge in [0, 0.05) is 5.69 Å². The highest BCUT2D eigenvalue weighted by Gasteiger charge is 2.34. The molecule has 23 heavy (non-hydrogen) atoms. The summed E-state index contributed by atoms with van der Waals surface area (Å²) in [5, 5.41) is 11.1. The summed E-state index contributed by atoms with van der Waals surface area (Å²) in [4.78, 5) is 22.8. The Morgan fingerprint density at radius 1 is 1.00 bits per heavy atom. The topological polar surface area (TPSA) is 66.4 Å². The van der Waals surface area contributed by atoms with E-state index < -0.39 is 29.2 Å². The van der Waals surface area contributed by atoms with Crippen LogP contribution in [-0.4, -0.2) is 17.0 Å². The lowest BCUT2D eigenvalue weighted by Crippen LogP contribution is -2.18. The van der Waals surface area contributed by atoms with Crippen molar-refractivity contribution < 1.29 is 27.9 Å². The molecule has 1 amide bonds. The zero-order valence-electron chi connectivity index (χ0n) is 11.4. The third kappa shape index (κ3) is 4.46. The van der Waals surface area contributed by atoms with Crippen molar-refractivity contribution in [1.29, 1.82) is 0 Å². The van der Waals surface area contributed by atoms with Gasteiger partial charge in [-0.1, -0.05) is 18.2 Å². The molecule has 0 atom stereocenters. The number of anilines is 1. The zero-order valence-corrected chi connectivity index (χ0v) is 12.2. The van der Waals surface area contributed by atoms with Gasteiger partial charge in [-0.25, -0.2) is 4.79 Å². The first kappa shape index (κ1) is 18.5.